The summed E-state index contributed by atoms with van der Waals surface area (Å²) in [6.45, 7) is 16.4. The van der Waals surface area contributed by atoms with E-state index in [1.807, 2.05) is 0 Å². The molecule has 1 fully saturated rings. The average Bonchev–Trinajstić information content (AvgIpc) is 3.11. The van der Waals surface area contributed by atoms with E-state index in [-0.39, 0.29) is 29.4 Å². The number of aromatic nitrogens is 1. The molecule has 1 aliphatic heterocycles. The minimum absolute atomic E-state index is 0. The van der Waals surface area contributed by atoms with E-state index in [9.17, 15) is 0 Å². The first-order valence-corrected chi connectivity index (χ1v) is 11.5. The summed E-state index contributed by atoms with van der Waals surface area (Å²) in [5, 5.41) is 10.4. The molecule has 0 aliphatic carbocycles. The molecule has 2 N–H and O–H groups in total. The number of nitrogens with zero attached hydrogens (tertiary/aromatic N) is 3. The van der Waals surface area contributed by atoms with E-state index >= 15 is 0 Å². The van der Waals surface area contributed by atoms with E-state index in [1.165, 1.54) is 56.0 Å². The normalized spacial score (nSPS) is 16.7. The van der Waals surface area contributed by atoms with E-state index in [0.29, 0.717) is 6.04 Å². The van der Waals surface area contributed by atoms with Crippen molar-refractivity contribution in [3.05, 3.63) is 16.1 Å². The molecule has 0 saturated carbocycles. The van der Waals surface area contributed by atoms with Gasteiger partial charge in [0.05, 0.1) is 10.7 Å². The number of hydrogen-bond acceptors (Lipinski definition) is 4. The molecule has 0 aromatic carbocycles. The van der Waals surface area contributed by atoms with Crippen LogP contribution < -0.4 is 10.6 Å². The van der Waals surface area contributed by atoms with Crippen LogP contribution in [0.15, 0.2) is 10.4 Å². The van der Waals surface area contributed by atoms with Crippen molar-refractivity contribution in [2.24, 2.45) is 4.99 Å². The zero-order valence-corrected chi connectivity index (χ0v) is 21.5. The average molecular weight is 522 g/mol. The van der Waals surface area contributed by atoms with E-state index in [4.69, 9.17) is 9.98 Å². The van der Waals surface area contributed by atoms with Crippen LogP contribution in [0, 0.1) is 0 Å². The van der Waals surface area contributed by atoms with Gasteiger partial charge in [-0.25, -0.2) is 4.98 Å². The van der Waals surface area contributed by atoms with Crippen LogP contribution in [0.4, 0.5) is 0 Å². The number of aliphatic imine (C=N–C) groups is 1. The number of rotatable bonds is 8. The molecule has 1 aromatic rings. The molecule has 2 heterocycles. The fraction of sp³-hybridized carbons (Fsp3) is 0.810. The molecule has 0 bridgehead atoms. The summed E-state index contributed by atoms with van der Waals surface area (Å²) in [5.74, 6) is 0.956. The van der Waals surface area contributed by atoms with Crippen molar-refractivity contribution in [3.8, 4) is 0 Å². The number of unbranched alkanes of at least 4 members (excludes halogenated alkanes) is 1. The zero-order valence-electron chi connectivity index (χ0n) is 18.4. The van der Waals surface area contributed by atoms with Crippen LogP contribution in [0.5, 0.6) is 0 Å². The summed E-state index contributed by atoms with van der Waals surface area (Å²) in [6, 6.07) is 0.535. The van der Waals surface area contributed by atoms with Gasteiger partial charge < -0.3 is 15.5 Å². The van der Waals surface area contributed by atoms with E-state index in [1.54, 1.807) is 11.3 Å². The Balaban J connectivity index is 0.00000392. The quantitative estimate of drug-likeness (QED) is 0.302. The van der Waals surface area contributed by atoms with Gasteiger partial charge in [-0.2, -0.15) is 0 Å². The smallest absolute Gasteiger partial charge is 0.191 e. The van der Waals surface area contributed by atoms with Crippen molar-refractivity contribution in [3.63, 3.8) is 0 Å². The molecule has 1 aliphatic rings. The Labute approximate surface area is 193 Å². The summed E-state index contributed by atoms with van der Waals surface area (Å²) >= 11 is 1.76. The van der Waals surface area contributed by atoms with E-state index < -0.39 is 0 Å². The Bertz CT molecular complexity index is 574. The minimum Gasteiger partial charge on any atom is -0.357 e. The minimum atomic E-state index is 0. The molecule has 0 atom stereocenters. The highest BCUT2D eigenvalue weighted by Crippen LogP contribution is 2.24. The second kappa shape index (κ2) is 13.0. The van der Waals surface area contributed by atoms with Crippen LogP contribution in [0.2, 0.25) is 0 Å². The number of halogens is 1. The molecule has 0 radical (unpaired) electrons. The summed E-state index contributed by atoms with van der Waals surface area (Å²) in [4.78, 5) is 12.2. The maximum Gasteiger partial charge on any atom is 0.191 e. The van der Waals surface area contributed by atoms with Gasteiger partial charge in [0.25, 0.3) is 0 Å². The third-order valence-corrected chi connectivity index (χ3v) is 5.92. The van der Waals surface area contributed by atoms with E-state index in [2.05, 4.69) is 55.5 Å². The van der Waals surface area contributed by atoms with Crippen molar-refractivity contribution >= 4 is 41.3 Å². The first kappa shape index (κ1) is 25.6. The van der Waals surface area contributed by atoms with Crippen molar-refractivity contribution in [2.75, 3.05) is 32.7 Å². The zero-order chi connectivity index (χ0) is 19.7. The second-order valence-corrected chi connectivity index (χ2v) is 9.44. The van der Waals surface area contributed by atoms with Gasteiger partial charge in [0.15, 0.2) is 5.96 Å². The second-order valence-electron chi connectivity index (χ2n) is 8.50. The lowest BCUT2D eigenvalue weighted by atomic mass is 9.93. The topological polar surface area (TPSA) is 52.5 Å². The predicted molar refractivity (Wildman–Crippen MR) is 133 cm³/mol. The Hall–Kier alpha value is -0.410. The molecule has 7 heteroatoms. The third-order valence-electron chi connectivity index (χ3n) is 5.02. The molecule has 0 unspecified atom stereocenters. The SMILES string of the molecule is CCCCN1CCC(NC(=NCCc2nc(C(C)(C)C)cs2)NCC)CC1.I. The molecular formula is C21H40IN5S. The highest BCUT2D eigenvalue weighted by molar-refractivity contribution is 14.0. The summed E-state index contributed by atoms with van der Waals surface area (Å²) < 4.78 is 0. The van der Waals surface area contributed by atoms with Crippen molar-refractivity contribution in [2.45, 2.75) is 78.2 Å². The monoisotopic (exact) mass is 521 g/mol. The molecule has 1 saturated heterocycles. The number of hydrogen-bond donors (Lipinski definition) is 2. The van der Waals surface area contributed by atoms with Crippen LogP contribution in [0.3, 0.4) is 0 Å². The lowest BCUT2D eigenvalue weighted by molar-refractivity contribution is 0.203. The van der Waals surface area contributed by atoms with Crippen LogP contribution in [-0.4, -0.2) is 54.6 Å². The van der Waals surface area contributed by atoms with Crippen LogP contribution in [0.1, 0.15) is 71.0 Å². The lowest BCUT2D eigenvalue weighted by Gasteiger charge is -2.33. The molecule has 1 aromatic heterocycles. The number of likely N-dealkylation sites (tertiary alicyclic amines) is 1. The molecule has 5 nitrogen and oxygen atoms in total. The summed E-state index contributed by atoms with van der Waals surface area (Å²) in [6.07, 6.45) is 5.92. The maximum atomic E-state index is 4.79. The Morgan fingerprint density at radius 2 is 2.00 bits per heavy atom. The number of piperidine rings is 1. The lowest BCUT2D eigenvalue weighted by Crippen LogP contribution is -2.48. The maximum absolute atomic E-state index is 4.79. The van der Waals surface area contributed by atoms with Gasteiger partial charge in [-0.1, -0.05) is 34.1 Å². The largest absolute Gasteiger partial charge is 0.357 e. The molecule has 0 amide bonds. The fourth-order valence-corrected chi connectivity index (χ4v) is 4.24. The summed E-state index contributed by atoms with van der Waals surface area (Å²) in [5.41, 5.74) is 1.31. The van der Waals surface area contributed by atoms with Gasteiger partial charge in [-0.15, -0.1) is 35.3 Å². The highest BCUT2D eigenvalue weighted by atomic mass is 127. The first-order chi connectivity index (χ1) is 12.9. The van der Waals surface area contributed by atoms with Gasteiger partial charge in [0.1, 0.15) is 0 Å². The van der Waals surface area contributed by atoms with Gasteiger partial charge >= 0.3 is 0 Å². The third kappa shape index (κ3) is 8.95. The van der Waals surface area contributed by atoms with Gasteiger partial charge in [0, 0.05) is 49.4 Å². The van der Waals surface area contributed by atoms with Crippen LogP contribution in [0.25, 0.3) is 0 Å². The van der Waals surface area contributed by atoms with Crippen molar-refractivity contribution in [1.29, 1.82) is 0 Å². The standard InChI is InChI=1S/C21H39N5S.HI/c1-6-8-13-26-14-10-17(11-15-26)24-20(22-7-2)23-12-9-19-25-18(16-27-19)21(3,4)5;/h16-17H,6-15H2,1-5H3,(H2,22,23,24);1H. The fourth-order valence-electron chi connectivity index (χ4n) is 3.23. The number of guanidine groups is 1. The molecular weight excluding hydrogens is 481 g/mol. The Morgan fingerprint density at radius 1 is 1.29 bits per heavy atom. The molecule has 0 spiro atoms. The van der Waals surface area contributed by atoms with Crippen molar-refractivity contribution in [1.82, 2.24) is 20.5 Å². The van der Waals surface area contributed by atoms with Gasteiger partial charge in [-0.3, -0.25) is 4.99 Å². The predicted octanol–water partition coefficient (Wildman–Crippen LogP) is 4.42. The first-order valence-electron chi connectivity index (χ1n) is 10.6. The van der Waals surface area contributed by atoms with E-state index in [0.717, 1.165) is 25.5 Å². The van der Waals surface area contributed by atoms with Crippen molar-refractivity contribution < 1.29 is 0 Å². The highest BCUT2D eigenvalue weighted by Gasteiger charge is 2.20. The van der Waals surface area contributed by atoms with Gasteiger partial charge in [-0.05, 0) is 32.7 Å². The van der Waals surface area contributed by atoms with Crippen LogP contribution >= 0.6 is 35.3 Å². The number of thiazole rings is 1. The van der Waals surface area contributed by atoms with Gasteiger partial charge in [0.2, 0.25) is 0 Å². The number of nitrogens with one attached hydrogen (secondary N) is 2. The Kier molecular flexibility index (Phi) is 11.9. The Morgan fingerprint density at radius 3 is 2.57 bits per heavy atom. The summed E-state index contributed by atoms with van der Waals surface area (Å²) in [7, 11) is 0. The van der Waals surface area contributed by atoms with Crippen LogP contribution in [-0.2, 0) is 11.8 Å². The molecule has 162 valence electrons. The molecule has 28 heavy (non-hydrogen) atoms. The molecule has 2 rings (SSSR count).